The first-order valence-corrected chi connectivity index (χ1v) is 11.3. The number of amides is 1. The fourth-order valence-electron chi connectivity index (χ4n) is 4.86. The molecule has 1 saturated heterocycles. The summed E-state index contributed by atoms with van der Waals surface area (Å²) in [5.41, 5.74) is 0.181. The predicted octanol–water partition coefficient (Wildman–Crippen LogP) is 2.53. The van der Waals surface area contributed by atoms with Gasteiger partial charge in [0.1, 0.15) is 17.8 Å². The lowest BCUT2D eigenvalue weighted by atomic mass is 10.0. The number of aromatic nitrogens is 1. The van der Waals surface area contributed by atoms with Gasteiger partial charge in [-0.1, -0.05) is 6.07 Å². The van der Waals surface area contributed by atoms with Crippen molar-refractivity contribution >= 4 is 5.91 Å². The maximum atomic E-state index is 13.9. The molecule has 0 saturated carbocycles. The topological polar surface area (TPSA) is 75.0 Å². The van der Waals surface area contributed by atoms with Gasteiger partial charge in [0.25, 0.3) is 5.91 Å². The number of halogens is 2. The van der Waals surface area contributed by atoms with E-state index in [1.807, 2.05) is 6.92 Å². The SMILES string of the molecule is COCCN1CC[C@H](C)N2C(=O)c3c(O)c(=O)c(CCCc4ccc(F)cc4F)cn3C[C@@H]12. The Labute approximate surface area is 191 Å². The van der Waals surface area contributed by atoms with Crippen LogP contribution < -0.4 is 5.43 Å². The molecule has 0 bridgehead atoms. The second-order valence-electron chi connectivity index (χ2n) is 8.78. The molecule has 2 atom stereocenters. The molecule has 2 aliphatic rings. The zero-order valence-corrected chi connectivity index (χ0v) is 18.9. The smallest absolute Gasteiger partial charge is 0.276 e. The lowest BCUT2D eigenvalue weighted by Crippen LogP contribution is -2.64. The number of nitrogens with zero attached hydrogens (tertiary/aromatic N) is 3. The second-order valence-corrected chi connectivity index (χ2v) is 8.78. The van der Waals surface area contributed by atoms with Gasteiger partial charge in [0.05, 0.1) is 13.2 Å². The van der Waals surface area contributed by atoms with Crippen molar-refractivity contribution in [2.75, 3.05) is 26.8 Å². The number of aryl methyl sites for hydroxylation is 2. The van der Waals surface area contributed by atoms with E-state index in [0.29, 0.717) is 50.1 Å². The van der Waals surface area contributed by atoms with E-state index in [0.717, 1.165) is 19.0 Å². The number of rotatable bonds is 7. The molecule has 3 heterocycles. The minimum Gasteiger partial charge on any atom is -0.503 e. The van der Waals surface area contributed by atoms with Crippen molar-refractivity contribution in [1.82, 2.24) is 14.4 Å². The zero-order chi connectivity index (χ0) is 23.7. The first-order valence-electron chi connectivity index (χ1n) is 11.3. The second kappa shape index (κ2) is 9.61. The molecule has 2 aliphatic heterocycles. The van der Waals surface area contributed by atoms with Crippen LogP contribution in [0.4, 0.5) is 8.78 Å². The van der Waals surface area contributed by atoms with E-state index < -0.39 is 22.8 Å². The first kappa shape index (κ1) is 23.4. The van der Waals surface area contributed by atoms with Crippen LogP contribution >= 0.6 is 0 Å². The van der Waals surface area contributed by atoms with Crippen LogP contribution in [0.25, 0.3) is 0 Å². The third kappa shape index (κ3) is 4.52. The highest BCUT2D eigenvalue weighted by Gasteiger charge is 2.43. The van der Waals surface area contributed by atoms with E-state index in [1.165, 1.54) is 12.1 Å². The number of fused-ring (bicyclic) bond motifs is 2. The van der Waals surface area contributed by atoms with Crippen molar-refractivity contribution in [2.24, 2.45) is 0 Å². The van der Waals surface area contributed by atoms with E-state index in [-0.39, 0.29) is 23.8 Å². The summed E-state index contributed by atoms with van der Waals surface area (Å²) >= 11 is 0. The van der Waals surface area contributed by atoms with Gasteiger partial charge in [-0.2, -0.15) is 0 Å². The normalized spacial score (nSPS) is 20.6. The Balaban J connectivity index is 1.58. The number of ether oxygens (including phenoxy) is 1. The summed E-state index contributed by atoms with van der Waals surface area (Å²) in [7, 11) is 1.64. The molecule has 0 aliphatic carbocycles. The number of aromatic hydroxyl groups is 1. The number of carbonyl (C=O) groups is 1. The monoisotopic (exact) mass is 461 g/mol. The average Bonchev–Trinajstić information content (AvgIpc) is 2.77. The van der Waals surface area contributed by atoms with Crippen molar-refractivity contribution in [3.05, 3.63) is 63.1 Å². The van der Waals surface area contributed by atoms with Gasteiger partial charge >= 0.3 is 0 Å². The summed E-state index contributed by atoms with van der Waals surface area (Å²) < 4.78 is 33.9. The van der Waals surface area contributed by atoms with Gasteiger partial charge in [-0.3, -0.25) is 14.5 Å². The van der Waals surface area contributed by atoms with Crippen LogP contribution in [-0.2, 0) is 24.1 Å². The van der Waals surface area contributed by atoms with Crippen molar-refractivity contribution in [3.8, 4) is 5.75 Å². The third-order valence-electron chi connectivity index (χ3n) is 6.67. The number of carbonyl (C=O) groups excluding carboxylic acids is 1. The molecule has 178 valence electrons. The highest BCUT2D eigenvalue weighted by Crippen LogP contribution is 2.31. The zero-order valence-electron chi connectivity index (χ0n) is 18.9. The molecule has 0 unspecified atom stereocenters. The van der Waals surface area contributed by atoms with Crippen LogP contribution in [0.1, 0.15) is 41.4 Å². The molecule has 9 heteroatoms. The van der Waals surface area contributed by atoms with Gasteiger partial charge in [-0.05, 0) is 44.2 Å². The summed E-state index contributed by atoms with van der Waals surface area (Å²) in [6, 6.07) is 3.44. The number of hydrogen-bond acceptors (Lipinski definition) is 5. The standard InChI is InChI=1S/C24H29F2N3O4/c1-15-8-9-27(10-11-33-2)20-14-28-13-17(22(30)23(31)21(28)24(32)29(15)20)5-3-4-16-6-7-18(25)12-19(16)26/h6-7,12-13,15,20,31H,3-5,8-11,14H2,1-2H3/t15-,20-/m0/s1. The maximum absolute atomic E-state index is 13.9. The van der Waals surface area contributed by atoms with Crippen molar-refractivity contribution in [2.45, 2.75) is 51.4 Å². The van der Waals surface area contributed by atoms with Crippen LogP contribution in [0.3, 0.4) is 0 Å². The summed E-state index contributed by atoms with van der Waals surface area (Å²) in [5.74, 6) is -2.14. The largest absolute Gasteiger partial charge is 0.503 e. The Hall–Kier alpha value is -2.78. The molecule has 1 fully saturated rings. The fourth-order valence-corrected chi connectivity index (χ4v) is 4.86. The molecule has 33 heavy (non-hydrogen) atoms. The molecule has 7 nitrogen and oxygen atoms in total. The molecule has 0 spiro atoms. The first-order chi connectivity index (χ1) is 15.8. The Bertz CT molecular complexity index is 1100. The van der Waals surface area contributed by atoms with Crippen molar-refractivity contribution in [3.63, 3.8) is 0 Å². The Kier molecular flexibility index (Phi) is 6.81. The van der Waals surface area contributed by atoms with Crippen LogP contribution in [0.5, 0.6) is 5.75 Å². The lowest BCUT2D eigenvalue weighted by molar-refractivity contribution is -0.0396. The summed E-state index contributed by atoms with van der Waals surface area (Å²) in [4.78, 5) is 30.1. The van der Waals surface area contributed by atoms with E-state index in [2.05, 4.69) is 4.90 Å². The van der Waals surface area contributed by atoms with Crippen LogP contribution in [0.2, 0.25) is 0 Å². The molecular weight excluding hydrogens is 432 g/mol. The van der Waals surface area contributed by atoms with E-state index in [9.17, 15) is 23.5 Å². The number of benzene rings is 1. The quantitative estimate of drug-likeness (QED) is 0.686. The Morgan fingerprint density at radius 3 is 2.67 bits per heavy atom. The lowest BCUT2D eigenvalue weighted by Gasteiger charge is -2.50. The third-order valence-corrected chi connectivity index (χ3v) is 6.67. The summed E-state index contributed by atoms with van der Waals surface area (Å²) in [6.45, 7) is 4.46. The number of methoxy groups -OCH3 is 1. The van der Waals surface area contributed by atoms with E-state index in [1.54, 1.807) is 22.8 Å². The average molecular weight is 462 g/mol. The van der Waals surface area contributed by atoms with Crippen molar-refractivity contribution < 1.29 is 23.4 Å². The van der Waals surface area contributed by atoms with Crippen molar-refractivity contribution in [1.29, 1.82) is 0 Å². The summed E-state index contributed by atoms with van der Waals surface area (Å²) in [6.07, 6.45) is 3.32. The molecule has 4 rings (SSSR count). The number of pyridine rings is 1. The Morgan fingerprint density at radius 1 is 1.18 bits per heavy atom. The van der Waals surface area contributed by atoms with E-state index in [4.69, 9.17) is 4.74 Å². The maximum Gasteiger partial charge on any atom is 0.276 e. The Morgan fingerprint density at radius 2 is 1.94 bits per heavy atom. The molecule has 1 aromatic carbocycles. The van der Waals surface area contributed by atoms with Crippen LogP contribution in [0, 0.1) is 11.6 Å². The van der Waals surface area contributed by atoms with Gasteiger partial charge in [0.15, 0.2) is 11.4 Å². The molecule has 0 radical (unpaired) electrons. The molecule has 1 aromatic heterocycles. The number of hydrogen-bond donors (Lipinski definition) is 1. The molecule has 1 amide bonds. The van der Waals surface area contributed by atoms with E-state index >= 15 is 0 Å². The van der Waals surface area contributed by atoms with Gasteiger partial charge < -0.3 is 19.3 Å². The fraction of sp³-hybridized carbons (Fsp3) is 0.500. The predicted molar refractivity (Wildman–Crippen MR) is 118 cm³/mol. The minimum atomic E-state index is -0.635. The molecule has 2 aromatic rings. The molecule has 1 N–H and O–H groups in total. The minimum absolute atomic E-state index is 0.00479. The van der Waals surface area contributed by atoms with Gasteiger partial charge in [0, 0.05) is 44.1 Å². The van der Waals surface area contributed by atoms with Gasteiger partial charge in [-0.25, -0.2) is 8.78 Å². The summed E-state index contributed by atoms with van der Waals surface area (Å²) in [5, 5.41) is 10.7. The highest BCUT2D eigenvalue weighted by molar-refractivity contribution is 5.96. The van der Waals surface area contributed by atoms with Crippen LogP contribution in [-0.4, -0.2) is 64.4 Å². The molecular formula is C24H29F2N3O4. The van der Waals surface area contributed by atoms with Crippen LogP contribution in [0.15, 0.2) is 29.2 Å². The van der Waals surface area contributed by atoms with Gasteiger partial charge in [0.2, 0.25) is 5.43 Å². The van der Waals surface area contributed by atoms with Gasteiger partial charge in [-0.15, -0.1) is 0 Å². The highest BCUT2D eigenvalue weighted by atomic mass is 19.1.